The highest BCUT2D eigenvalue weighted by molar-refractivity contribution is 7.13. The van der Waals surface area contributed by atoms with Gasteiger partial charge in [-0.25, -0.2) is 9.59 Å². The van der Waals surface area contributed by atoms with Crippen LogP contribution in [0.15, 0.2) is 5.38 Å². The molecule has 1 aliphatic rings. The molecule has 2 heterocycles. The van der Waals surface area contributed by atoms with Gasteiger partial charge in [0.25, 0.3) is 0 Å². The number of carbonyl (C=O) groups excluding carboxylic acids is 1. The summed E-state index contributed by atoms with van der Waals surface area (Å²) in [5.74, 6) is 0.0401. The van der Waals surface area contributed by atoms with Crippen molar-refractivity contribution < 1.29 is 24.2 Å². The van der Waals surface area contributed by atoms with Crippen LogP contribution in [0.3, 0.4) is 0 Å². The number of thiazole rings is 1. The number of nitrogens with zero attached hydrogens (tertiary/aromatic N) is 2. The smallest absolute Gasteiger partial charge is 0.449 e. The third-order valence-electron chi connectivity index (χ3n) is 2.54. The highest BCUT2D eigenvalue weighted by atomic mass is 32.1. The predicted octanol–water partition coefficient (Wildman–Crippen LogP) is 2.23. The van der Waals surface area contributed by atoms with E-state index in [1.807, 2.05) is 20.8 Å². The highest BCUT2D eigenvalue weighted by Gasteiger charge is 2.34. The molecule has 116 valence electrons. The molecule has 2 rings (SSSR count). The minimum atomic E-state index is -1.40. The molecular weight excluding hydrogens is 298 g/mol. The Morgan fingerprint density at radius 3 is 2.71 bits per heavy atom. The average molecular weight is 315 g/mol. The molecule has 2 N–H and O–H groups in total. The van der Waals surface area contributed by atoms with Crippen molar-refractivity contribution in [1.29, 1.82) is 0 Å². The minimum absolute atomic E-state index is 0.0401. The molecule has 1 aromatic heterocycles. The quantitative estimate of drug-likeness (QED) is 0.825. The van der Waals surface area contributed by atoms with Crippen LogP contribution in [0.4, 0.5) is 14.7 Å². The molecule has 1 amide bonds. The Kier molecular flexibility index (Phi) is 4.21. The first kappa shape index (κ1) is 15.4. The summed E-state index contributed by atoms with van der Waals surface area (Å²) in [5.41, 5.74) is -0.506. The SMILES string of the molecule is CC(C)(C)OC(=O)N1CC(Nc2nc(OC(=O)O)cs2)C1. The van der Waals surface area contributed by atoms with Crippen molar-refractivity contribution in [3.63, 3.8) is 0 Å². The first-order chi connectivity index (χ1) is 9.73. The number of rotatable bonds is 3. The lowest BCUT2D eigenvalue weighted by molar-refractivity contribution is 0.0105. The van der Waals surface area contributed by atoms with Crippen molar-refractivity contribution in [3.8, 4) is 5.88 Å². The van der Waals surface area contributed by atoms with Crippen LogP contribution in [-0.4, -0.2) is 52.0 Å². The maximum absolute atomic E-state index is 11.7. The number of amides is 1. The maximum Gasteiger partial charge on any atom is 0.512 e. The Labute approximate surface area is 125 Å². The number of anilines is 1. The van der Waals surface area contributed by atoms with E-state index in [2.05, 4.69) is 15.0 Å². The number of nitrogens with one attached hydrogen (secondary N) is 1. The Balaban J connectivity index is 1.76. The second-order valence-corrected chi connectivity index (χ2v) is 6.44. The molecular formula is C12H17N3O5S. The average Bonchev–Trinajstić information content (AvgIpc) is 2.66. The van der Waals surface area contributed by atoms with Crippen LogP contribution in [0.25, 0.3) is 0 Å². The molecule has 1 aliphatic heterocycles. The largest absolute Gasteiger partial charge is 0.512 e. The van der Waals surface area contributed by atoms with Crippen LogP contribution < -0.4 is 10.1 Å². The number of likely N-dealkylation sites (tertiary alicyclic amines) is 1. The molecule has 1 saturated heterocycles. The first-order valence-corrected chi connectivity index (χ1v) is 7.21. The van der Waals surface area contributed by atoms with Crippen LogP contribution in [0.5, 0.6) is 5.88 Å². The Bertz CT molecular complexity index is 533. The molecule has 0 unspecified atom stereocenters. The molecule has 0 aromatic carbocycles. The van der Waals surface area contributed by atoms with Crippen molar-refractivity contribution in [2.24, 2.45) is 0 Å². The molecule has 8 nitrogen and oxygen atoms in total. The molecule has 0 bridgehead atoms. The van der Waals surface area contributed by atoms with Gasteiger partial charge < -0.3 is 24.8 Å². The van der Waals surface area contributed by atoms with Crippen LogP contribution in [0, 0.1) is 0 Å². The van der Waals surface area contributed by atoms with Gasteiger partial charge in [0.2, 0.25) is 5.88 Å². The van der Waals surface area contributed by atoms with Crippen LogP contribution in [0.2, 0.25) is 0 Å². The number of hydrogen-bond acceptors (Lipinski definition) is 7. The maximum atomic E-state index is 11.7. The Morgan fingerprint density at radius 2 is 2.14 bits per heavy atom. The van der Waals surface area contributed by atoms with Crippen LogP contribution in [0.1, 0.15) is 20.8 Å². The van der Waals surface area contributed by atoms with E-state index in [0.717, 1.165) is 0 Å². The monoisotopic (exact) mass is 315 g/mol. The summed E-state index contributed by atoms with van der Waals surface area (Å²) in [6.07, 6.45) is -1.74. The van der Waals surface area contributed by atoms with Gasteiger partial charge in [-0.3, -0.25) is 0 Å². The molecule has 0 saturated carbocycles. The zero-order valence-corrected chi connectivity index (χ0v) is 12.8. The standard InChI is InChI=1S/C12H17N3O5S/c1-12(2,3)20-10(16)15-4-7(5-15)13-9-14-8(6-21-9)19-11(17)18/h6-7H,4-5H2,1-3H3,(H,13,14)(H,17,18). The summed E-state index contributed by atoms with van der Waals surface area (Å²) in [7, 11) is 0. The lowest BCUT2D eigenvalue weighted by Gasteiger charge is -2.39. The fourth-order valence-electron chi connectivity index (χ4n) is 1.68. The van der Waals surface area contributed by atoms with Crippen molar-refractivity contribution in [3.05, 3.63) is 5.38 Å². The Hall–Kier alpha value is -2.03. The van der Waals surface area contributed by atoms with Gasteiger partial charge >= 0.3 is 12.2 Å². The number of carbonyl (C=O) groups is 2. The van der Waals surface area contributed by atoms with Crippen molar-refractivity contribution in [2.45, 2.75) is 32.4 Å². The fraction of sp³-hybridized carbons (Fsp3) is 0.583. The molecule has 21 heavy (non-hydrogen) atoms. The number of aromatic nitrogens is 1. The summed E-state index contributed by atoms with van der Waals surface area (Å²) in [6, 6.07) is 0.0707. The zero-order valence-electron chi connectivity index (χ0n) is 12.0. The second kappa shape index (κ2) is 5.76. The summed E-state index contributed by atoms with van der Waals surface area (Å²) in [5, 5.41) is 13.6. The fourth-order valence-corrected chi connectivity index (χ4v) is 2.37. The van der Waals surface area contributed by atoms with Gasteiger partial charge in [-0.2, -0.15) is 4.98 Å². The van der Waals surface area contributed by atoms with Gasteiger partial charge in [0.05, 0.1) is 11.4 Å². The summed E-state index contributed by atoms with van der Waals surface area (Å²) >= 11 is 1.24. The van der Waals surface area contributed by atoms with Gasteiger partial charge in [-0.1, -0.05) is 0 Å². The van der Waals surface area contributed by atoms with Gasteiger partial charge in [0.15, 0.2) is 5.13 Å². The van der Waals surface area contributed by atoms with E-state index in [9.17, 15) is 9.59 Å². The van der Waals surface area contributed by atoms with Gasteiger partial charge in [-0.15, -0.1) is 11.3 Å². The van der Waals surface area contributed by atoms with E-state index in [-0.39, 0.29) is 18.0 Å². The molecule has 0 aliphatic carbocycles. The lowest BCUT2D eigenvalue weighted by atomic mass is 10.1. The van der Waals surface area contributed by atoms with E-state index in [1.165, 1.54) is 16.7 Å². The van der Waals surface area contributed by atoms with Crippen LogP contribution in [-0.2, 0) is 4.74 Å². The topological polar surface area (TPSA) is 101 Å². The summed E-state index contributed by atoms with van der Waals surface area (Å²) in [4.78, 5) is 27.7. The van der Waals surface area contributed by atoms with Crippen molar-refractivity contribution in [1.82, 2.24) is 9.88 Å². The zero-order chi connectivity index (χ0) is 15.6. The molecule has 1 aromatic rings. The highest BCUT2D eigenvalue weighted by Crippen LogP contribution is 2.24. The predicted molar refractivity (Wildman–Crippen MR) is 76.0 cm³/mol. The van der Waals surface area contributed by atoms with Gasteiger partial charge in [0, 0.05) is 13.1 Å². The molecule has 0 spiro atoms. The number of ether oxygens (including phenoxy) is 2. The molecule has 0 radical (unpaired) electrons. The molecule has 9 heteroatoms. The minimum Gasteiger partial charge on any atom is -0.449 e. The normalized spacial score (nSPS) is 15.3. The Morgan fingerprint density at radius 1 is 1.48 bits per heavy atom. The third-order valence-corrected chi connectivity index (χ3v) is 3.29. The van der Waals surface area contributed by atoms with E-state index in [4.69, 9.17) is 9.84 Å². The van der Waals surface area contributed by atoms with E-state index >= 15 is 0 Å². The lowest BCUT2D eigenvalue weighted by Crippen LogP contribution is -2.57. The summed E-state index contributed by atoms with van der Waals surface area (Å²) < 4.78 is 9.68. The van der Waals surface area contributed by atoms with E-state index in [0.29, 0.717) is 18.2 Å². The molecule has 0 atom stereocenters. The molecule has 1 fully saturated rings. The van der Waals surface area contributed by atoms with Gasteiger partial charge in [-0.05, 0) is 20.8 Å². The summed E-state index contributed by atoms with van der Waals surface area (Å²) in [6.45, 7) is 6.49. The number of carboxylic acid groups (broad SMARTS) is 1. The van der Waals surface area contributed by atoms with E-state index in [1.54, 1.807) is 4.90 Å². The second-order valence-electron chi connectivity index (χ2n) is 5.59. The number of hydrogen-bond donors (Lipinski definition) is 2. The van der Waals surface area contributed by atoms with Crippen molar-refractivity contribution >= 4 is 28.7 Å². The van der Waals surface area contributed by atoms with Crippen molar-refractivity contribution in [2.75, 3.05) is 18.4 Å². The third kappa shape index (κ3) is 4.48. The van der Waals surface area contributed by atoms with E-state index < -0.39 is 11.8 Å². The van der Waals surface area contributed by atoms with Gasteiger partial charge in [0.1, 0.15) is 5.60 Å². The first-order valence-electron chi connectivity index (χ1n) is 6.34. The van der Waals surface area contributed by atoms with Crippen LogP contribution >= 0.6 is 11.3 Å².